The maximum absolute atomic E-state index is 4.08. The lowest BCUT2D eigenvalue weighted by Gasteiger charge is -2.03. The molecule has 0 radical (unpaired) electrons. The maximum Gasteiger partial charge on any atom is 0.105 e. The zero-order valence-corrected chi connectivity index (χ0v) is 5.71. The first kappa shape index (κ1) is 4.76. The fraction of sp³-hybridized carbons (Fsp3) is 0.250. The van der Waals surface area contributed by atoms with Crippen molar-refractivity contribution in [3.05, 3.63) is 10.4 Å². The fourth-order valence-corrected chi connectivity index (χ4v) is 2.31. The van der Waals surface area contributed by atoms with Gasteiger partial charge in [-0.3, -0.25) is 0 Å². The molecule has 0 N–H and O–H groups in total. The molecule has 0 spiro atoms. The molecule has 0 saturated heterocycles. The van der Waals surface area contributed by atoms with Gasteiger partial charge < -0.3 is 0 Å². The summed E-state index contributed by atoms with van der Waals surface area (Å²) in [7, 11) is 0. The molecule has 0 aromatic carbocycles. The maximum atomic E-state index is 4.08. The number of rotatable bonds is 0. The van der Waals surface area contributed by atoms with E-state index in [4.69, 9.17) is 0 Å². The van der Waals surface area contributed by atoms with E-state index in [1.807, 2.05) is 10.6 Å². The SMILES string of the molecule is C1=NN2CSC=C2S1. The molecular formula is C4H4N2S2. The van der Waals surface area contributed by atoms with Crippen LogP contribution in [0, 0.1) is 0 Å². The second kappa shape index (κ2) is 1.70. The molecule has 0 bridgehead atoms. The van der Waals surface area contributed by atoms with E-state index in [0.29, 0.717) is 0 Å². The Morgan fingerprint density at radius 2 is 2.75 bits per heavy atom. The minimum atomic E-state index is 0.999. The molecule has 2 rings (SSSR count). The van der Waals surface area contributed by atoms with E-state index >= 15 is 0 Å². The fourth-order valence-electron chi connectivity index (χ4n) is 0.617. The molecular weight excluding hydrogens is 140 g/mol. The van der Waals surface area contributed by atoms with E-state index in [0.717, 1.165) is 5.88 Å². The minimum Gasteiger partial charge on any atom is -0.247 e. The largest absolute Gasteiger partial charge is 0.247 e. The molecule has 2 aliphatic heterocycles. The first-order valence-electron chi connectivity index (χ1n) is 2.25. The van der Waals surface area contributed by atoms with Gasteiger partial charge in [-0.2, -0.15) is 5.10 Å². The first-order chi connectivity index (χ1) is 3.97. The summed E-state index contributed by atoms with van der Waals surface area (Å²) >= 11 is 3.48. The molecule has 2 nitrogen and oxygen atoms in total. The summed E-state index contributed by atoms with van der Waals surface area (Å²) in [6.07, 6.45) is 0. The lowest BCUT2D eigenvalue weighted by Crippen LogP contribution is -2.03. The Labute approximate surface area is 56.0 Å². The number of fused-ring (bicyclic) bond motifs is 1. The normalized spacial score (nSPS) is 24.0. The van der Waals surface area contributed by atoms with Crippen LogP contribution >= 0.6 is 23.5 Å². The second-order valence-electron chi connectivity index (χ2n) is 1.49. The number of hydrogen-bond donors (Lipinski definition) is 0. The van der Waals surface area contributed by atoms with Crippen molar-refractivity contribution in [2.24, 2.45) is 5.10 Å². The standard InChI is InChI=1S/C4H4N2S2/c1-4-6(3-7-1)5-2-8-4/h1-2H,3H2. The van der Waals surface area contributed by atoms with Gasteiger partial charge in [0.1, 0.15) is 5.03 Å². The quantitative estimate of drug-likeness (QED) is 0.512. The third-order valence-electron chi connectivity index (χ3n) is 0.995. The molecule has 0 aromatic heterocycles. The Kier molecular flexibility index (Phi) is 1.01. The molecule has 0 aliphatic carbocycles. The Morgan fingerprint density at radius 3 is 3.62 bits per heavy atom. The van der Waals surface area contributed by atoms with Gasteiger partial charge in [0.15, 0.2) is 0 Å². The van der Waals surface area contributed by atoms with Gasteiger partial charge in [0, 0.05) is 5.41 Å². The van der Waals surface area contributed by atoms with Crippen LogP contribution in [0.25, 0.3) is 0 Å². The van der Waals surface area contributed by atoms with Crippen molar-refractivity contribution in [3.8, 4) is 0 Å². The number of hydrogen-bond acceptors (Lipinski definition) is 4. The van der Waals surface area contributed by atoms with Crippen LogP contribution in [0.15, 0.2) is 15.5 Å². The van der Waals surface area contributed by atoms with Gasteiger partial charge in [-0.15, -0.1) is 11.8 Å². The zero-order chi connectivity index (χ0) is 5.40. The molecule has 4 heteroatoms. The second-order valence-corrected chi connectivity index (χ2v) is 3.18. The predicted molar refractivity (Wildman–Crippen MR) is 38.5 cm³/mol. The van der Waals surface area contributed by atoms with Crippen molar-refractivity contribution in [2.75, 3.05) is 5.88 Å². The summed E-state index contributed by atoms with van der Waals surface area (Å²) in [5.41, 5.74) is 1.87. The van der Waals surface area contributed by atoms with Crippen LogP contribution in [0.3, 0.4) is 0 Å². The minimum absolute atomic E-state index is 0.999. The van der Waals surface area contributed by atoms with Crippen LogP contribution in [-0.4, -0.2) is 16.4 Å². The van der Waals surface area contributed by atoms with Crippen LogP contribution in [0.2, 0.25) is 0 Å². The molecule has 2 aliphatic rings. The molecule has 0 fully saturated rings. The Hall–Kier alpha value is -0.0900. The average Bonchev–Trinajstić information content (AvgIpc) is 2.15. The summed E-state index contributed by atoms with van der Waals surface area (Å²) in [5.74, 6) is 0.999. The van der Waals surface area contributed by atoms with Crippen molar-refractivity contribution in [1.82, 2.24) is 5.01 Å². The Morgan fingerprint density at radius 1 is 1.75 bits per heavy atom. The highest BCUT2D eigenvalue weighted by atomic mass is 32.2. The van der Waals surface area contributed by atoms with Crippen molar-refractivity contribution >= 4 is 29.1 Å². The topological polar surface area (TPSA) is 15.6 Å². The molecule has 0 atom stereocenters. The van der Waals surface area contributed by atoms with Crippen molar-refractivity contribution in [3.63, 3.8) is 0 Å². The summed E-state index contributed by atoms with van der Waals surface area (Å²) in [6.45, 7) is 0. The summed E-state index contributed by atoms with van der Waals surface area (Å²) in [4.78, 5) is 0. The highest BCUT2D eigenvalue weighted by Gasteiger charge is 2.17. The highest BCUT2D eigenvalue weighted by molar-refractivity contribution is 8.16. The average molecular weight is 144 g/mol. The number of hydrazone groups is 1. The monoisotopic (exact) mass is 144 g/mol. The van der Waals surface area contributed by atoms with Gasteiger partial charge >= 0.3 is 0 Å². The van der Waals surface area contributed by atoms with Gasteiger partial charge in [-0.05, 0) is 0 Å². The molecule has 0 saturated carbocycles. The molecule has 8 heavy (non-hydrogen) atoms. The summed E-state index contributed by atoms with van der Waals surface area (Å²) < 4.78 is 0. The molecule has 42 valence electrons. The van der Waals surface area contributed by atoms with Crippen molar-refractivity contribution < 1.29 is 0 Å². The van der Waals surface area contributed by atoms with E-state index in [1.165, 1.54) is 5.03 Å². The van der Waals surface area contributed by atoms with E-state index in [9.17, 15) is 0 Å². The number of nitrogens with zero attached hydrogens (tertiary/aromatic N) is 2. The Bertz CT molecular complexity index is 163. The molecule has 2 heterocycles. The lowest BCUT2D eigenvalue weighted by molar-refractivity contribution is 0.478. The van der Waals surface area contributed by atoms with Gasteiger partial charge in [0.25, 0.3) is 0 Å². The van der Waals surface area contributed by atoms with Crippen molar-refractivity contribution in [2.45, 2.75) is 0 Å². The van der Waals surface area contributed by atoms with Gasteiger partial charge in [0.05, 0.1) is 11.4 Å². The summed E-state index contributed by atoms with van der Waals surface area (Å²) in [6, 6.07) is 0. The highest BCUT2D eigenvalue weighted by Crippen LogP contribution is 2.34. The molecule has 0 amide bonds. The van der Waals surface area contributed by atoms with Crippen LogP contribution in [-0.2, 0) is 0 Å². The molecule has 0 aromatic rings. The van der Waals surface area contributed by atoms with E-state index in [1.54, 1.807) is 23.5 Å². The first-order valence-corrected chi connectivity index (χ1v) is 4.18. The van der Waals surface area contributed by atoms with E-state index in [-0.39, 0.29) is 0 Å². The zero-order valence-electron chi connectivity index (χ0n) is 4.07. The van der Waals surface area contributed by atoms with Gasteiger partial charge in [-0.1, -0.05) is 11.8 Å². The van der Waals surface area contributed by atoms with E-state index in [2.05, 4.69) is 10.5 Å². The third-order valence-corrected chi connectivity index (χ3v) is 2.70. The third kappa shape index (κ3) is 0.563. The summed E-state index contributed by atoms with van der Waals surface area (Å²) in [5, 5.41) is 9.48. The smallest absolute Gasteiger partial charge is 0.105 e. The van der Waals surface area contributed by atoms with Crippen molar-refractivity contribution in [1.29, 1.82) is 0 Å². The van der Waals surface area contributed by atoms with Crippen LogP contribution in [0.4, 0.5) is 0 Å². The van der Waals surface area contributed by atoms with Gasteiger partial charge in [0.2, 0.25) is 0 Å². The molecule has 0 unspecified atom stereocenters. The van der Waals surface area contributed by atoms with Gasteiger partial charge in [-0.25, -0.2) is 5.01 Å². The number of thioether (sulfide) groups is 2. The predicted octanol–water partition coefficient (Wildman–Crippen LogP) is 1.48. The lowest BCUT2D eigenvalue weighted by atomic mass is 10.9. The Balaban J connectivity index is 2.28. The van der Waals surface area contributed by atoms with Crippen LogP contribution in [0.1, 0.15) is 0 Å². The van der Waals surface area contributed by atoms with Crippen LogP contribution < -0.4 is 0 Å². The van der Waals surface area contributed by atoms with Crippen LogP contribution in [0.5, 0.6) is 0 Å². The van der Waals surface area contributed by atoms with E-state index < -0.39 is 0 Å².